The lowest BCUT2D eigenvalue weighted by molar-refractivity contribution is -0.135. The van der Waals surface area contributed by atoms with E-state index in [1.165, 1.54) is 11.1 Å². The number of carbonyl (C=O) groups excluding carboxylic acids is 2. The van der Waals surface area contributed by atoms with E-state index in [4.69, 9.17) is 0 Å². The summed E-state index contributed by atoms with van der Waals surface area (Å²) in [5, 5.41) is 2.98. The van der Waals surface area contributed by atoms with Gasteiger partial charge >= 0.3 is 0 Å². The molecule has 2 aromatic carbocycles. The Morgan fingerprint density at radius 3 is 2.34 bits per heavy atom. The number of anilines is 1. The molecule has 5 nitrogen and oxygen atoms in total. The first-order valence-electron chi connectivity index (χ1n) is 10.4. The average Bonchev–Trinajstić information content (AvgIpc) is 3.53. The smallest absolute Gasteiger partial charge is 0.228 e. The highest BCUT2D eigenvalue weighted by molar-refractivity contribution is 5.99. The number of piperazine rings is 1. The minimum atomic E-state index is -0.188. The van der Waals surface area contributed by atoms with E-state index in [1.807, 2.05) is 36.1 Å². The third-order valence-corrected chi connectivity index (χ3v) is 6.15. The second-order valence-corrected chi connectivity index (χ2v) is 8.32. The van der Waals surface area contributed by atoms with Crippen LogP contribution in [-0.4, -0.2) is 47.8 Å². The highest BCUT2D eigenvalue weighted by Crippen LogP contribution is 2.41. The van der Waals surface area contributed by atoms with Crippen molar-refractivity contribution in [2.24, 2.45) is 11.8 Å². The van der Waals surface area contributed by atoms with Crippen molar-refractivity contribution in [1.29, 1.82) is 0 Å². The molecular weight excluding hydrogens is 362 g/mol. The number of hydrogen-bond acceptors (Lipinski definition) is 3. The van der Waals surface area contributed by atoms with Gasteiger partial charge in [-0.2, -0.15) is 0 Å². The molecule has 4 rings (SSSR count). The van der Waals surface area contributed by atoms with Crippen LogP contribution in [0.2, 0.25) is 0 Å². The van der Waals surface area contributed by atoms with Crippen LogP contribution in [0.5, 0.6) is 0 Å². The van der Waals surface area contributed by atoms with Gasteiger partial charge in [-0.15, -0.1) is 0 Å². The number of aryl methyl sites for hydroxylation is 2. The van der Waals surface area contributed by atoms with Crippen molar-refractivity contribution in [1.82, 2.24) is 9.80 Å². The number of nitrogens with one attached hydrogen (secondary N) is 1. The molecule has 1 heterocycles. The predicted molar refractivity (Wildman–Crippen MR) is 114 cm³/mol. The molecule has 0 aromatic heterocycles. The number of amides is 2. The van der Waals surface area contributed by atoms with E-state index in [1.54, 1.807) is 0 Å². The largest absolute Gasteiger partial charge is 0.340 e. The molecule has 0 bridgehead atoms. The van der Waals surface area contributed by atoms with Crippen molar-refractivity contribution in [2.45, 2.75) is 26.8 Å². The van der Waals surface area contributed by atoms with Gasteiger partial charge in [0.1, 0.15) is 0 Å². The molecule has 5 heteroatoms. The fourth-order valence-corrected chi connectivity index (χ4v) is 4.01. The number of rotatable bonds is 5. The molecule has 1 saturated carbocycles. The maximum atomic E-state index is 12.8. The molecule has 1 aliphatic heterocycles. The Hall–Kier alpha value is -2.66. The van der Waals surface area contributed by atoms with Crippen LogP contribution in [0.15, 0.2) is 48.5 Å². The van der Waals surface area contributed by atoms with Crippen molar-refractivity contribution in [2.75, 3.05) is 31.5 Å². The van der Waals surface area contributed by atoms with Crippen molar-refractivity contribution < 1.29 is 9.59 Å². The summed E-state index contributed by atoms with van der Waals surface area (Å²) in [5.74, 6) is -0.229. The molecule has 2 amide bonds. The van der Waals surface area contributed by atoms with Crippen LogP contribution in [0, 0.1) is 25.7 Å². The standard InChI is InChI=1S/C24H29N3O2/c1-17-8-9-20(14-18(17)2)25-23(28)21-15-22(21)24(29)27-12-10-26(11-13-27)16-19-6-4-3-5-7-19/h3-9,14,21-22H,10-13,15-16H2,1-2H3,(H,25,28). The van der Waals surface area contributed by atoms with E-state index in [9.17, 15) is 9.59 Å². The van der Waals surface area contributed by atoms with E-state index in [0.29, 0.717) is 6.42 Å². The van der Waals surface area contributed by atoms with Crippen LogP contribution < -0.4 is 5.32 Å². The van der Waals surface area contributed by atoms with Gasteiger partial charge in [-0.1, -0.05) is 36.4 Å². The Morgan fingerprint density at radius 2 is 1.66 bits per heavy atom. The predicted octanol–water partition coefficient (Wildman–Crippen LogP) is 3.22. The third kappa shape index (κ3) is 4.67. The monoisotopic (exact) mass is 391 g/mol. The topological polar surface area (TPSA) is 52.7 Å². The number of benzene rings is 2. The highest BCUT2D eigenvalue weighted by Gasteiger charge is 2.49. The van der Waals surface area contributed by atoms with Crippen LogP contribution in [0.4, 0.5) is 5.69 Å². The van der Waals surface area contributed by atoms with E-state index in [2.05, 4.69) is 41.4 Å². The zero-order valence-electron chi connectivity index (χ0n) is 17.2. The number of nitrogens with zero attached hydrogens (tertiary/aromatic N) is 2. The molecule has 2 unspecified atom stereocenters. The summed E-state index contributed by atoms with van der Waals surface area (Å²) in [5.41, 5.74) is 4.47. The summed E-state index contributed by atoms with van der Waals surface area (Å²) in [7, 11) is 0. The van der Waals surface area contributed by atoms with Crippen LogP contribution in [0.25, 0.3) is 0 Å². The van der Waals surface area contributed by atoms with Crippen molar-refractivity contribution in [3.05, 3.63) is 65.2 Å². The maximum Gasteiger partial charge on any atom is 0.228 e. The zero-order chi connectivity index (χ0) is 20.4. The third-order valence-electron chi connectivity index (χ3n) is 6.15. The molecule has 2 aliphatic rings. The van der Waals surface area contributed by atoms with Gasteiger partial charge in [0.25, 0.3) is 0 Å². The first-order chi connectivity index (χ1) is 14.0. The van der Waals surface area contributed by atoms with E-state index in [0.717, 1.165) is 44.0 Å². The lowest BCUT2D eigenvalue weighted by atomic mass is 10.1. The molecular formula is C24H29N3O2. The molecule has 2 atom stereocenters. The number of carbonyl (C=O) groups is 2. The Labute approximate surface area is 172 Å². The lowest BCUT2D eigenvalue weighted by Gasteiger charge is -2.35. The summed E-state index contributed by atoms with van der Waals surface area (Å²) in [6.07, 6.45) is 0.666. The van der Waals surface area contributed by atoms with Gasteiger partial charge in [-0.05, 0) is 49.1 Å². The lowest BCUT2D eigenvalue weighted by Crippen LogP contribution is -2.49. The summed E-state index contributed by atoms with van der Waals surface area (Å²) in [4.78, 5) is 29.7. The van der Waals surface area contributed by atoms with Gasteiger partial charge < -0.3 is 10.2 Å². The van der Waals surface area contributed by atoms with Gasteiger partial charge in [-0.25, -0.2) is 0 Å². The van der Waals surface area contributed by atoms with Gasteiger partial charge in [0.05, 0.1) is 11.8 Å². The summed E-state index contributed by atoms with van der Waals surface area (Å²) in [6.45, 7) is 8.26. The van der Waals surface area contributed by atoms with Crippen molar-refractivity contribution in [3.8, 4) is 0 Å². The SMILES string of the molecule is Cc1ccc(NC(=O)C2CC2C(=O)N2CCN(Cc3ccccc3)CC2)cc1C. The first-order valence-corrected chi connectivity index (χ1v) is 10.4. The van der Waals surface area contributed by atoms with E-state index >= 15 is 0 Å². The molecule has 1 N–H and O–H groups in total. The van der Waals surface area contributed by atoms with Crippen LogP contribution in [0.3, 0.4) is 0 Å². The second-order valence-electron chi connectivity index (χ2n) is 8.32. The van der Waals surface area contributed by atoms with Gasteiger partial charge in [0.15, 0.2) is 0 Å². The van der Waals surface area contributed by atoms with Crippen molar-refractivity contribution in [3.63, 3.8) is 0 Å². The van der Waals surface area contributed by atoms with E-state index in [-0.39, 0.29) is 23.7 Å². The van der Waals surface area contributed by atoms with E-state index < -0.39 is 0 Å². The maximum absolute atomic E-state index is 12.8. The minimum Gasteiger partial charge on any atom is -0.340 e. The zero-order valence-corrected chi connectivity index (χ0v) is 17.2. The van der Waals surface area contributed by atoms with Crippen LogP contribution in [0.1, 0.15) is 23.1 Å². The molecule has 2 aromatic rings. The Bertz CT molecular complexity index is 888. The molecule has 29 heavy (non-hydrogen) atoms. The van der Waals surface area contributed by atoms with Crippen LogP contribution >= 0.6 is 0 Å². The Kier molecular flexibility index (Phi) is 5.67. The van der Waals surface area contributed by atoms with Gasteiger partial charge in [0.2, 0.25) is 11.8 Å². The molecule has 152 valence electrons. The summed E-state index contributed by atoms with van der Waals surface area (Å²) < 4.78 is 0. The number of hydrogen-bond donors (Lipinski definition) is 1. The molecule has 1 aliphatic carbocycles. The molecule has 2 fully saturated rings. The molecule has 0 spiro atoms. The quantitative estimate of drug-likeness (QED) is 0.851. The van der Waals surface area contributed by atoms with Crippen LogP contribution in [-0.2, 0) is 16.1 Å². The first kappa shape index (κ1) is 19.6. The Balaban J connectivity index is 1.25. The fourth-order valence-electron chi connectivity index (χ4n) is 4.01. The summed E-state index contributed by atoms with van der Waals surface area (Å²) >= 11 is 0. The van der Waals surface area contributed by atoms with Gasteiger partial charge in [0, 0.05) is 38.4 Å². The van der Waals surface area contributed by atoms with Gasteiger partial charge in [-0.3, -0.25) is 14.5 Å². The Morgan fingerprint density at radius 1 is 0.931 bits per heavy atom. The average molecular weight is 392 g/mol. The highest BCUT2D eigenvalue weighted by atomic mass is 16.2. The fraction of sp³-hybridized carbons (Fsp3) is 0.417. The molecule has 0 radical (unpaired) electrons. The van der Waals surface area contributed by atoms with Crippen molar-refractivity contribution >= 4 is 17.5 Å². The minimum absolute atomic E-state index is 0.0330. The summed E-state index contributed by atoms with van der Waals surface area (Å²) in [6, 6.07) is 16.3. The second kappa shape index (κ2) is 8.37. The molecule has 1 saturated heterocycles. The normalized spacial score (nSPS) is 21.7.